The number of hydrogen-bond donors (Lipinski definition) is 3. The summed E-state index contributed by atoms with van der Waals surface area (Å²) in [4.78, 5) is 31.2. The molecule has 0 bridgehead atoms. The Bertz CT molecular complexity index is 1070. The van der Waals surface area contributed by atoms with Gasteiger partial charge in [-0.15, -0.1) is 0 Å². The van der Waals surface area contributed by atoms with Gasteiger partial charge in [0.05, 0.1) is 6.54 Å². The molecule has 31 heavy (non-hydrogen) atoms. The number of nitrogens with two attached hydrogens (primary N) is 1. The molecule has 0 unspecified atom stereocenters. The summed E-state index contributed by atoms with van der Waals surface area (Å²) in [5.74, 6) is 0.347. The second kappa shape index (κ2) is 9.57. The average Bonchev–Trinajstić information content (AvgIpc) is 3.28. The van der Waals surface area contributed by atoms with Crippen molar-refractivity contribution in [2.45, 2.75) is 32.0 Å². The number of carbonyl (C=O) groups excluding carboxylic acids is 2. The number of rotatable bonds is 7. The van der Waals surface area contributed by atoms with Crippen molar-refractivity contribution in [1.82, 2.24) is 20.5 Å². The summed E-state index contributed by atoms with van der Waals surface area (Å²) in [7, 11) is 0. The first-order valence-corrected chi connectivity index (χ1v) is 10.6. The van der Waals surface area contributed by atoms with E-state index in [1.165, 1.54) is 0 Å². The van der Waals surface area contributed by atoms with Crippen LogP contribution in [-0.4, -0.2) is 40.8 Å². The summed E-state index contributed by atoms with van der Waals surface area (Å²) in [5.41, 5.74) is 8.00. The summed E-state index contributed by atoms with van der Waals surface area (Å²) >= 11 is 0. The molecule has 1 fully saturated rings. The molecule has 1 aliphatic rings. The highest BCUT2D eigenvalue weighted by molar-refractivity contribution is 5.91. The number of amides is 2. The van der Waals surface area contributed by atoms with Crippen LogP contribution in [0.3, 0.4) is 0 Å². The Morgan fingerprint density at radius 1 is 1.06 bits per heavy atom. The van der Waals surface area contributed by atoms with Crippen molar-refractivity contribution in [1.29, 1.82) is 0 Å². The summed E-state index contributed by atoms with van der Waals surface area (Å²) in [5, 5.41) is 8.05. The van der Waals surface area contributed by atoms with E-state index in [0.29, 0.717) is 31.9 Å². The van der Waals surface area contributed by atoms with E-state index in [1.54, 1.807) is 11.1 Å². The monoisotopic (exact) mass is 417 g/mol. The van der Waals surface area contributed by atoms with Crippen molar-refractivity contribution in [3.05, 3.63) is 71.9 Å². The van der Waals surface area contributed by atoms with Crippen LogP contribution in [0.25, 0.3) is 10.8 Å². The molecule has 2 aromatic carbocycles. The lowest BCUT2D eigenvalue weighted by atomic mass is 10.1. The lowest BCUT2D eigenvalue weighted by Gasteiger charge is -2.24. The van der Waals surface area contributed by atoms with E-state index in [-0.39, 0.29) is 18.4 Å². The first-order chi connectivity index (χ1) is 15.1. The van der Waals surface area contributed by atoms with Crippen LogP contribution in [0.15, 0.2) is 60.8 Å². The van der Waals surface area contributed by atoms with Gasteiger partial charge in [-0.1, -0.05) is 42.5 Å². The second-order valence-electron chi connectivity index (χ2n) is 7.80. The molecule has 0 spiro atoms. The highest BCUT2D eigenvalue weighted by atomic mass is 16.2. The van der Waals surface area contributed by atoms with Gasteiger partial charge in [0, 0.05) is 31.2 Å². The molecular weight excluding hydrogens is 390 g/mol. The molecule has 1 atom stereocenters. The molecule has 160 valence electrons. The Morgan fingerprint density at radius 3 is 2.74 bits per heavy atom. The molecule has 4 rings (SSSR count). The predicted octanol–water partition coefficient (Wildman–Crippen LogP) is 2.21. The number of hydrogen-bond acceptors (Lipinski definition) is 5. The van der Waals surface area contributed by atoms with Gasteiger partial charge in [-0.2, -0.15) is 0 Å². The molecule has 7 nitrogen and oxygen atoms in total. The van der Waals surface area contributed by atoms with E-state index < -0.39 is 6.04 Å². The highest BCUT2D eigenvalue weighted by Crippen LogP contribution is 2.21. The van der Waals surface area contributed by atoms with Gasteiger partial charge in [-0.3, -0.25) is 9.59 Å². The molecule has 0 radical (unpaired) electrons. The van der Waals surface area contributed by atoms with Gasteiger partial charge in [-0.25, -0.2) is 4.98 Å². The van der Waals surface area contributed by atoms with Crippen LogP contribution in [-0.2, 0) is 22.7 Å². The zero-order chi connectivity index (χ0) is 21.6. The van der Waals surface area contributed by atoms with Crippen LogP contribution in [0.5, 0.6) is 0 Å². The number of anilines is 1. The van der Waals surface area contributed by atoms with Gasteiger partial charge in [0.1, 0.15) is 11.9 Å². The van der Waals surface area contributed by atoms with Gasteiger partial charge >= 0.3 is 0 Å². The van der Waals surface area contributed by atoms with Gasteiger partial charge < -0.3 is 21.3 Å². The molecule has 3 aromatic rings. The number of benzene rings is 2. The Morgan fingerprint density at radius 2 is 1.90 bits per heavy atom. The van der Waals surface area contributed by atoms with Crippen LogP contribution in [0, 0.1) is 0 Å². The number of likely N-dealkylation sites (tertiary alicyclic amines) is 1. The molecule has 2 amide bonds. The molecule has 1 saturated heterocycles. The largest absolute Gasteiger partial charge is 0.383 e. The minimum Gasteiger partial charge on any atom is -0.383 e. The summed E-state index contributed by atoms with van der Waals surface area (Å²) in [6.07, 6.45) is 3.20. The smallest absolute Gasteiger partial charge is 0.243 e. The van der Waals surface area contributed by atoms with E-state index in [1.807, 2.05) is 54.6 Å². The Kier molecular flexibility index (Phi) is 6.43. The van der Waals surface area contributed by atoms with Crippen molar-refractivity contribution in [3.63, 3.8) is 0 Å². The first-order valence-electron chi connectivity index (χ1n) is 10.6. The topological polar surface area (TPSA) is 100 Å². The van der Waals surface area contributed by atoms with Crippen molar-refractivity contribution in [2.24, 2.45) is 0 Å². The third-order valence-corrected chi connectivity index (χ3v) is 5.65. The van der Waals surface area contributed by atoms with Crippen molar-refractivity contribution in [2.75, 3.05) is 18.8 Å². The summed E-state index contributed by atoms with van der Waals surface area (Å²) in [6, 6.07) is 17.3. The number of pyridine rings is 1. The first kappa shape index (κ1) is 20.8. The lowest BCUT2D eigenvalue weighted by Crippen LogP contribution is -2.48. The van der Waals surface area contributed by atoms with Crippen LogP contribution in [0.4, 0.5) is 5.82 Å². The maximum absolute atomic E-state index is 12.8. The molecule has 4 N–H and O–H groups in total. The van der Waals surface area contributed by atoms with Gasteiger partial charge in [0.2, 0.25) is 11.8 Å². The fourth-order valence-electron chi connectivity index (χ4n) is 4.02. The summed E-state index contributed by atoms with van der Waals surface area (Å²) in [6.45, 7) is 1.87. The van der Waals surface area contributed by atoms with Gasteiger partial charge in [0.25, 0.3) is 0 Å². The number of fused-ring (bicyclic) bond motifs is 1. The molecule has 2 heterocycles. The van der Waals surface area contributed by atoms with Crippen LogP contribution in [0.2, 0.25) is 0 Å². The van der Waals surface area contributed by atoms with Gasteiger partial charge in [0.15, 0.2) is 0 Å². The maximum Gasteiger partial charge on any atom is 0.243 e. The number of aromatic nitrogens is 1. The predicted molar refractivity (Wildman–Crippen MR) is 121 cm³/mol. The Balaban J connectivity index is 1.30. The number of nitrogens with one attached hydrogen (secondary N) is 2. The standard InChI is InChI=1S/C24H27N5O2/c25-23-20-9-8-18(13-19(20)10-11-27-23)15-28-24(31)21-7-4-12-29(21)22(30)16-26-14-17-5-2-1-3-6-17/h1-3,5-6,8-11,13,21,26H,4,7,12,14-16H2,(H2,25,27)(H,28,31)/t21-/m0/s1. The molecule has 7 heteroatoms. The van der Waals surface area contributed by atoms with Gasteiger partial charge in [-0.05, 0) is 41.5 Å². The van der Waals surface area contributed by atoms with Crippen molar-refractivity contribution in [3.8, 4) is 0 Å². The number of nitrogens with zero attached hydrogens (tertiary/aromatic N) is 2. The number of nitrogen functional groups attached to an aromatic ring is 1. The van der Waals surface area contributed by atoms with Crippen LogP contribution < -0.4 is 16.4 Å². The third kappa shape index (κ3) is 5.00. The lowest BCUT2D eigenvalue weighted by molar-refractivity contribution is -0.137. The normalized spacial score (nSPS) is 15.9. The third-order valence-electron chi connectivity index (χ3n) is 5.65. The minimum atomic E-state index is -0.411. The van der Waals surface area contributed by atoms with E-state index in [9.17, 15) is 9.59 Å². The second-order valence-corrected chi connectivity index (χ2v) is 7.80. The molecule has 0 saturated carbocycles. The summed E-state index contributed by atoms with van der Waals surface area (Å²) < 4.78 is 0. The SMILES string of the molecule is Nc1nccc2cc(CNC(=O)[C@@H]3CCCN3C(=O)CNCc3ccccc3)ccc12. The quantitative estimate of drug-likeness (QED) is 0.547. The van der Waals surface area contributed by atoms with E-state index in [2.05, 4.69) is 15.6 Å². The zero-order valence-corrected chi connectivity index (χ0v) is 17.4. The molecule has 0 aliphatic carbocycles. The Hall–Kier alpha value is -3.45. The number of carbonyl (C=O) groups is 2. The van der Waals surface area contributed by atoms with Crippen LogP contribution >= 0.6 is 0 Å². The molecule has 1 aliphatic heterocycles. The Labute approximate surface area is 181 Å². The molecular formula is C24H27N5O2. The average molecular weight is 418 g/mol. The fraction of sp³-hybridized carbons (Fsp3) is 0.292. The minimum absolute atomic E-state index is 0.0396. The zero-order valence-electron chi connectivity index (χ0n) is 17.4. The maximum atomic E-state index is 12.8. The molecule has 1 aromatic heterocycles. The highest BCUT2D eigenvalue weighted by Gasteiger charge is 2.33. The van der Waals surface area contributed by atoms with E-state index in [4.69, 9.17) is 5.73 Å². The van der Waals surface area contributed by atoms with Crippen LogP contribution in [0.1, 0.15) is 24.0 Å². The fourth-order valence-corrected chi connectivity index (χ4v) is 4.02. The van der Waals surface area contributed by atoms with E-state index >= 15 is 0 Å². The van der Waals surface area contributed by atoms with Crippen molar-refractivity contribution >= 4 is 28.4 Å². The van der Waals surface area contributed by atoms with E-state index in [0.717, 1.165) is 28.3 Å². The van der Waals surface area contributed by atoms with Crippen molar-refractivity contribution < 1.29 is 9.59 Å².